The molecule has 0 radical (unpaired) electrons. The lowest BCUT2D eigenvalue weighted by molar-refractivity contribution is -0.139. The van der Waals surface area contributed by atoms with E-state index in [2.05, 4.69) is 36.2 Å². The van der Waals surface area contributed by atoms with E-state index in [0.717, 1.165) is 52.4 Å². The smallest absolute Gasteiger partial charge is 0.326 e. The molecule has 4 rings (SSSR count). The van der Waals surface area contributed by atoms with Crippen LogP contribution in [0.4, 0.5) is 14.5 Å². The van der Waals surface area contributed by atoms with Gasteiger partial charge < -0.3 is 15.3 Å². The molecule has 0 saturated heterocycles. The highest BCUT2D eigenvalue weighted by molar-refractivity contribution is 7.98. The quantitative estimate of drug-likeness (QED) is 0.147. The Hall–Kier alpha value is -4.17. The second kappa shape index (κ2) is 15.7. The fraction of sp³-hybridized carbons (Fsp3) is 0.297. The monoisotopic (exact) mass is 630 g/mol. The molecule has 4 aromatic carbocycles. The molecule has 236 valence electrons. The van der Waals surface area contributed by atoms with Crippen LogP contribution in [-0.4, -0.2) is 35.0 Å². The van der Waals surface area contributed by atoms with Crippen LogP contribution < -0.4 is 10.2 Å². The van der Waals surface area contributed by atoms with Crippen LogP contribution in [0, 0.1) is 18.6 Å². The molecule has 5 nitrogen and oxygen atoms in total. The van der Waals surface area contributed by atoms with Gasteiger partial charge in [-0.3, -0.25) is 4.79 Å². The minimum absolute atomic E-state index is 0.274. The van der Waals surface area contributed by atoms with Crippen molar-refractivity contribution in [2.45, 2.75) is 59.2 Å². The van der Waals surface area contributed by atoms with E-state index in [1.807, 2.05) is 55.6 Å². The lowest BCUT2D eigenvalue weighted by Gasteiger charge is -2.30. The molecule has 2 N–H and O–H groups in total. The fourth-order valence-electron chi connectivity index (χ4n) is 5.69. The van der Waals surface area contributed by atoms with Gasteiger partial charge in [-0.2, -0.15) is 11.8 Å². The van der Waals surface area contributed by atoms with E-state index >= 15 is 0 Å². The minimum Gasteiger partial charge on any atom is -0.480 e. The van der Waals surface area contributed by atoms with Gasteiger partial charge in [0.2, 0.25) is 0 Å². The molecule has 4 aromatic rings. The van der Waals surface area contributed by atoms with E-state index in [9.17, 15) is 23.5 Å². The molecule has 0 saturated carbocycles. The Labute approximate surface area is 268 Å². The van der Waals surface area contributed by atoms with Crippen LogP contribution in [-0.2, 0) is 30.7 Å². The van der Waals surface area contributed by atoms with Crippen molar-refractivity contribution in [3.8, 4) is 11.1 Å². The van der Waals surface area contributed by atoms with Crippen molar-refractivity contribution >= 4 is 29.3 Å². The normalized spacial score (nSPS) is 11.7. The van der Waals surface area contributed by atoms with E-state index in [0.29, 0.717) is 35.4 Å². The first kappa shape index (κ1) is 33.7. The van der Waals surface area contributed by atoms with E-state index in [1.165, 1.54) is 23.9 Å². The lowest BCUT2D eigenvalue weighted by atomic mass is 9.93. The van der Waals surface area contributed by atoms with Gasteiger partial charge in [0.15, 0.2) is 0 Å². The first-order valence-electron chi connectivity index (χ1n) is 15.2. The molecule has 0 bridgehead atoms. The summed E-state index contributed by atoms with van der Waals surface area (Å²) in [6.45, 7) is 6.83. The third kappa shape index (κ3) is 8.51. The van der Waals surface area contributed by atoms with Crippen molar-refractivity contribution in [3.05, 3.63) is 124 Å². The summed E-state index contributed by atoms with van der Waals surface area (Å²) in [6.07, 6.45) is 3.77. The summed E-state index contributed by atoms with van der Waals surface area (Å²) in [5.41, 5.74) is 7.60. The van der Waals surface area contributed by atoms with Crippen molar-refractivity contribution in [2.75, 3.05) is 16.9 Å². The van der Waals surface area contributed by atoms with E-state index in [-0.39, 0.29) is 6.54 Å². The molecule has 0 aliphatic heterocycles. The second-order valence-electron chi connectivity index (χ2n) is 11.1. The maximum Gasteiger partial charge on any atom is 0.326 e. The van der Waals surface area contributed by atoms with Crippen molar-refractivity contribution < 1.29 is 23.5 Å². The number of carboxylic acid groups (broad SMARTS) is 1. The Morgan fingerprint density at radius 3 is 2.09 bits per heavy atom. The number of rotatable bonds is 14. The molecular formula is C37H40F2N2O3S. The topological polar surface area (TPSA) is 69.6 Å². The zero-order valence-electron chi connectivity index (χ0n) is 26.2. The Morgan fingerprint density at radius 1 is 0.844 bits per heavy atom. The van der Waals surface area contributed by atoms with E-state index in [4.69, 9.17) is 0 Å². The summed E-state index contributed by atoms with van der Waals surface area (Å²) in [4.78, 5) is 27.6. The number of thioether (sulfide) groups is 1. The third-order valence-electron chi connectivity index (χ3n) is 7.93. The molecule has 0 aromatic heterocycles. The Morgan fingerprint density at radius 2 is 1.49 bits per heavy atom. The number of hydrogen-bond donors (Lipinski definition) is 2. The number of carbonyl (C=O) groups is 2. The van der Waals surface area contributed by atoms with E-state index < -0.39 is 29.6 Å². The van der Waals surface area contributed by atoms with Gasteiger partial charge >= 0.3 is 5.97 Å². The van der Waals surface area contributed by atoms with Crippen LogP contribution in [0.15, 0.2) is 78.9 Å². The van der Waals surface area contributed by atoms with Gasteiger partial charge in [-0.25, -0.2) is 13.6 Å². The molecule has 8 heteroatoms. The van der Waals surface area contributed by atoms with Gasteiger partial charge in [0.1, 0.15) is 17.7 Å². The summed E-state index contributed by atoms with van der Waals surface area (Å²) >= 11 is 1.52. The van der Waals surface area contributed by atoms with Crippen molar-refractivity contribution in [2.24, 2.45) is 0 Å². The SMILES string of the molecule is CCc1cccc(CC)c1N(Cc1cc(F)cc(F)c1)Cc1ccc(C(=O)NC(CCSC)C(=O)O)c(-c2ccccc2C)c1. The van der Waals surface area contributed by atoms with Gasteiger partial charge in [0.25, 0.3) is 5.91 Å². The van der Waals surface area contributed by atoms with Crippen LogP contribution in [0.2, 0.25) is 0 Å². The van der Waals surface area contributed by atoms with Crippen LogP contribution >= 0.6 is 11.8 Å². The van der Waals surface area contributed by atoms with Gasteiger partial charge in [-0.15, -0.1) is 0 Å². The molecule has 0 heterocycles. The van der Waals surface area contributed by atoms with Crippen LogP contribution in [0.3, 0.4) is 0 Å². The van der Waals surface area contributed by atoms with Crippen LogP contribution in [0.25, 0.3) is 11.1 Å². The molecular weight excluding hydrogens is 590 g/mol. The predicted molar refractivity (Wildman–Crippen MR) is 180 cm³/mol. The zero-order valence-corrected chi connectivity index (χ0v) is 27.0. The predicted octanol–water partition coefficient (Wildman–Crippen LogP) is 8.21. The highest BCUT2D eigenvalue weighted by Gasteiger charge is 2.24. The number of aliphatic carboxylic acids is 1. The maximum atomic E-state index is 14.3. The second-order valence-corrected chi connectivity index (χ2v) is 12.1. The van der Waals surface area contributed by atoms with Crippen molar-refractivity contribution in [1.29, 1.82) is 0 Å². The van der Waals surface area contributed by atoms with Crippen LogP contribution in [0.5, 0.6) is 0 Å². The Bertz CT molecular complexity index is 1620. The molecule has 0 aliphatic rings. The van der Waals surface area contributed by atoms with Gasteiger partial charge in [0.05, 0.1) is 0 Å². The lowest BCUT2D eigenvalue weighted by Crippen LogP contribution is -2.41. The number of benzene rings is 4. The maximum absolute atomic E-state index is 14.3. The van der Waals surface area contributed by atoms with E-state index in [1.54, 1.807) is 6.07 Å². The standard InChI is InChI=1S/C37H40F2N2O3S/c1-5-27-11-9-12-28(6-2)35(27)41(23-26-18-29(38)21-30(39)19-26)22-25-14-15-32(33(20-25)31-13-8-7-10-24(31)3)36(42)40-34(37(43)44)16-17-45-4/h7-15,18-21,34H,5-6,16-17,22-23H2,1-4H3,(H,40,42)(H,43,44). The molecule has 0 spiro atoms. The first-order valence-corrected chi connectivity index (χ1v) is 16.6. The molecule has 0 fully saturated rings. The Kier molecular flexibility index (Phi) is 11.8. The average Bonchev–Trinajstić information content (AvgIpc) is 3.01. The third-order valence-corrected chi connectivity index (χ3v) is 8.57. The van der Waals surface area contributed by atoms with Gasteiger partial charge in [-0.05, 0) is 101 Å². The van der Waals surface area contributed by atoms with Crippen molar-refractivity contribution in [1.82, 2.24) is 5.32 Å². The average molecular weight is 631 g/mol. The summed E-state index contributed by atoms with van der Waals surface area (Å²) in [5.74, 6) is -2.18. The number of carboxylic acids is 1. The molecule has 1 unspecified atom stereocenters. The molecule has 1 amide bonds. The number of anilines is 1. The minimum atomic E-state index is -1.07. The molecule has 0 aliphatic carbocycles. The first-order chi connectivity index (χ1) is 21.6. The van der Waals surface area contributed by atoms with Gasteiger partial charge in [0, 0.05) is 30.4 Å². The number of para-hydroxylation sites is 1. The number of halogens is 2. The zero-order chi connectivity index (χ0) is 32.5. The summed E-state index contributed by atoms with van der Waals surface area (Å²) in [7, 11) is 0. The van der Waals surface area contributed by atoms with Gasteiger partial charge in [-0.1, -0.05) is 62.4 Å². The Balaban J connectivity index is 1.81. The highest BCUT2D eigenvalue weighted by Crippen LogP contribution is 2.33. The number of nitrogens with zero attached hydrogens (tertiary/aromatic N) is 1. The summed E-state index contributed by atoms with van der Waals surface area (Å²) in [6, 6.07) is 22.1. The highest BCUT2D eigenvalue weighted by atomic mass is 32.2. The van der Waals surface area contributed by atoms with Crippen LogP contribution in [0.1, 0.15) is 58.4 Å². The molecule has 45 heavy (non-hydrogen) atoms. The largest absolute Gasteiger partial charge is 0.480 e. The number of aryl methyl sites for hydroxylation is 3. The number of hydrogen-bond acceptors (Lipinski definition) is 4. The number of nitrogens with one attached hydrogen (secondary N) is 1. The number of amides is 1. The van der Waals surface area contributed by atoms with Crippen molar-refractivity contribution in [3.63, 3.8) is 0 Å². The summed E-state index contributed by atoms with van der Waals surface area (Å²) < 4.78 is 28.5. The summed E-state index contributed by atoms with van der Waals surface area (Å²) in [5, 5.41) is 12.5. The fourth-order valence-corrected chi connectivity index (χ4v) is 6.16. The number of carbonyl (C=O) groups excluding carboxylic acids is 1. The molecule has 1 atom stereocenters.